The van der Waals surface area contributed by atoms with Gasteiger partial charge in [0.2, 0.25) is 11.6 Å². The Kier molecular flexibility index (Phi) is 4.61. The highest BCUT2D eigenvalue weighted by atomic mass is 32.1. The molecule has 8 nitrogen and oxygen atoms in total. The number of anilines is 3. The maximum atomic E-state index is 11.8. The minimum atomic E-state index is -0.406. The van der Waals surface area contributed by atoms with Crippen molar-refractivity contribution >= 4 is 44.0 Å². The SMILES string of the molecule is Cc1ccc2nc(Nc3ncnc(N4CCCCC4C)c3[N+](=O)[O-])sc2c1. The summed E-state index contributed by atoms with van der Waals surface area (Å²) in [7, 11) is 0. The number of rotatable bonds is 4. The zero-order valence-corrected chi connectivity index (χ0v) is 16.0. The average Bonchev–Trinajstić information content (AvgIpc) is 3.03. The number of hydrogen-bond donors (Lipinski definition) is 1. The molecule has 0 bridgehead atoms. The van der Waals surface area contributed by atoms with E-state index in [1.807, 2.05) is 30.0 Å². The molecule has 9 heteroatoms. The third kappa shape index (κ3) is 3.42. The number of nitrogens with one attached hydrogen (secondary N) is 1. The van der Waals surface area contributed by atoms with Crippen LogP contribution in [0.15, 0.2) is 24.5 Å². The van der Waals surface area contributed by atoms with Crippen LogP contribution in [0.3, 0.4) is 0 Å². The Balaban J connectivity index is 1.73. The van der Waals surface area contributed by atoms with Crippen LogP contribution in [-0.4, -0.2) is 32.5 Å². The lowest BCUT2D eigenvalue weighted by Gasteiger charge is -2.33. The molecule has 3 aromatic rings. The number of nitro groups is 1. The second-order valence-electron chi connectivity index (χ2n) is 6.80. The van der Waals surface area contributed by atoms with Gasteiger partial charge in [0.25, 0.3) is 0 Å². The summed E-state index contributed by atoms with van der Waals surface area (Å²) in [6, 6.07) is 6.20. The Morgan fingerprint density at radius 1 is 1.33 bits per heavy atom. The van der Waals surface area contributed by atoms with Crippen LogP contribution in [0.1, 0.15) is 31.7 Å². The summed E-state index contributed by atoms with van der Waals surface area (Å²) in [4.78, 5) is 26.3. The van der Waals surface area contributed by atoms with E-state index < -0.39 is 4.92 Å². The van der Waals surface area contributed by atoms with E-state index in [4.69, 9.17) is 0 Å². The highest BCUT2D eigenvalue weighted by Gasteiger charge is 2.31. The number of fused-ring (bicyclic) bond motifs is 1. The molecule has 0 aliphatic carbocycles. The molecule has 1 atom stereocenters. The van der Waals surface area contributed by atoms with E-state index in [1.54, 1.807) is 0 Å². The maximum absolute atomic E-state index is 11.8. The van der Waals surface area contributed by atoms with E-state index in [2.05, 4.69) is 27.2 Å². The fourth-order valence-corrected chi connectivity index (χ4v) is 4.40. The highest BCUT2D eigenvalue weighted by molar-refractivity contribution is 7.22. The lowest BCUT2D eigenvalue weighted by Crippen LogP contribution is -2.38. The first-order chi connectivity index (χ1) is 13.0. The first kappa shape index (κ1) is 17.6. The number of aryl methyl sites for hydroxylation is 1. The smallest absolute Gasteiger partial charge is 0.348 e. The van der Waals surface area contributed by atoms with Gasteiger partial charge < -0.3 is 10.2 Å². The lowest BCUT2D eigenvalue weighted by molar-refractivity contribution is -0.383. The molecule has 27 heavy (non-hydrogen) atoms. The number of benzene rings is 1. The van der Waals surface area contributed by atoms with Gasteiger partial charge in [0.1, 0.15) is 6.33 Å². The summed E-state index contributed by atoms with van der Waals surface area (Å²) < 4.78 is 1.03. The largest absolute Gasteiger partial charge is 0.353 e. The molecule has 0 spiro atoms. The fraction of sp³-hybridized carbons (Fsp3) is 0.389. The van der Waals surface area contributed by atoms with Crippen molar-refractivity contribution in [3.05, 3.63) is 40.2 Å². The Morgan fingerprint density at radius 2 is 2.19 bits per heavy atom. The summed E-state index contributed by atoms with van der Waals surface area (Å²) in [6.45, 7) is 4.86. The van der Waals surface area contributed by atoms with Crippen LogP contribution in [0.5, 0.6) is 0 Å². The third-order valence-corrected chi connectivity index (χ3v) is 5.76. The summed E-state index contributed by atoms with van der Waals surface area (Å²) in [5.74, 6) is 0.556. The number of hydrogen-bond acceptors (Lipinski definition) is 8. The van der Waals surface area contributed by atoms with Gasteiger partial charge in [-0.25, -0.2) is 15.0 Å². The van der Waals surface area contributed by atoms with Crippen LogP contribution in [-0.2, 0) is 0 Å². The molecule has 1 saturated heterocycles. The molecule has 1 fully saturated rings. The van der Waals surface area contributed by atoms with Gasteiger partial charge in [-0.1, -0.05) is 17.4 Å². The van der Waals surface area contributed by atoms with Gasteiger partial charge in [-0.15, -0.1) is 0 Å². The molecular formula is C18H20N6O2S. The molecule has 0 amide bonds. The first-order valence-corrected chi connectivity index (χ1v) is 9.75. The van der Waals surface area contributed by atoms with Crippen LogP contribution in [0.25, 0.3) is 10.2 Å². The summed E-state index contributed by atoms with van der Waals surface area (Å²) in [5, 5.41) is 15.5. The minimum absolute atomic E-state index is 0.0957. The standard InChI is InChI=1S/C18H20N6O2S/c1-11-6-7-13-14(9-11)27-18(21-13)22-16-15(24(25)26)17(20-10-19-16)23-8-4-3-5-12(23)2/h6-7,9-10,12H,3-5,8H2,1-2H3,(H,19,20,21,22). The van der Waals surface area contributed by atoms with Crippen molar-refractivity contribution in [3.63, 3.8) is 0 Å². The number of thiazole rings is 1. The fourth-order valence-electron chi connectivity index (χ4n) is 3.44. The van der Waals surface area contributed by atoms with Gasteiger partial charge in [-0.2, -0.15) is 0 Å². The van der Waals surface area contributed by atoms with E-state index in [1.165, 1.54) is 17.7 Å². The first-order valence-electron chi connectivity index (χ1n) is 8.93. The van der Waals surface area contributed by atoms with Crippen molar-refractivity contribution in [2.75, 3.05) is 16.8 Å². The van der Waals surface area contributed by atoms with Gasteiger partial charge in [-0.05, 0) is 50.8 Å². The van der Waals surface area contributed by atoms with E-state index in [-0.39, 0.29) is 17.5 Å². The van der Waals surface area contributed by atoms with E-state index in [9.17, 15) is 10.1 Å². The normalized spacial score (nSPS) is 17.3. The summed E-state index contributed by atoms with van der Waals surface area (Å²) in [5.41, 5.74) is 1.91. The van der Waals surface area contributed by atoms with Crippen molar-refractivity contribution in [2.24, 2.45) is 0 Å². The molecule has 2 aromatic heterocycles. The van der Waals surface area contributed by atoms with Crippen molar-refractivity contribution in [1.82, 2.24) is 15.0 Å². The van der Waals surface area contributed by atoms with Crippen molar-refractivity contribution in [2.45, 2.75) is 39.2 Å². The van der Waals surface area contributed by atoms with Crippen LogP contribution in [0.2, 0.25) is 0 Å². The number of piperidine rings is 1. The van der Waals surface area contributed by atoms with Crippen LogP contribution in [0.4, 0.5) is 22.5 Å². The Morgan fingerprint density at radius 3 is 2.96 bits per heavy atom. The quantitative estimate of drug-likeness (QED) is 0.525. The molecule has 1 aliphatic heterocycles. The van der Waals surface area contributed by atoms with E-state index in [0.717, 1.165) is 41.6 Å². The van der Waals surface area contributed by atoms with Crippen LogP contribution in [0, 0.1) is 17.0 Å². The minimum Gasteiger partial charge on any atom is -0.348 e. The summed E-state index contributed by atoms with van der Waals surface area (Å²) in [6.07, 6.45) is 4.52. The Hall–Kier alpha value is -2.81. The van der Waals surface area contributed by atoms with Gasteiger partial charge in [0.05, 0.1) is 15.1 Å². The van der Waals surface area contributed by atoms with E-state index >= 15 is 0 Å². The zero-order chi connectivity index (χ0) is 19.0. The molecule has 3 heterocycles. The van der Waals surface area contributed by atoms with Crippen LogP contribution >= 0.6 is 11.3 Å². The Bertz CT molecular complexity index is 1000. The van der Waals surface area contributed by atoms with Crippen LogP contribution < -0.4 is 10.2 Å². The predicted molar refractivity (Wildman–Crippen MR) is 107 cm³/mol. The second kappa shape index (κ2) is 7.07. The predicted octanol–water partition coefficient (Wildman–Crippen LogP) is 4.43. The van der Waals surface area contributed by atoms with Gasteiger partial charge in [-0.3, -0.25) is 10.1 Å². The topological polar surface area (TPSA) is 97.1 Å². The van der Waals surface area contributed by atoms with Crippen molar-refractivity contribution in [1.29, 1.82) is 0 Å². The van der Waals surface area contributed by atoms with Gasteiger partial charge in [0, 0.05) is 12.6 Å². The molecular weight excluding hydrogens is 364 g/mol. The Labute approximate surface area is 160 Å². The van der Waals surface area contributed by atoms with Gasteiger partial charge >= 0.3 is 5.69 Å². The molecule has 1 aromatic carbocycles. The zero-order valence-electron chi connectivity index (χ0n) is 15.2. The van der Waals surface area contributed by atoms with Gasteiger partial charge in [0.15, 0.2) is 5.13 Å². The molecule has 140 valence electrons. The highest BCUT2D eigenvalue weighted by Crippen LogP contribution is 2.37. The second-order valence-corrected chi connectivity index (χ2v) is 7.84. The number of aromatic nitrogens is 3. The third-order valence-electron chi connectivity index (χ3n) is 4.83. The van der Waals surface area contributed by atoms with Crippen molar-refractivity contribution < 1.29 is 4.92 Å². The average molecular weight is 384 g/mol. The molecule has 0 saturated carbocycles. The molecule has 1 aliphatic rings. The molecule has 4 rings (SSSR count). The van der Waals surface area contributed by atoms with E-state index in [0.29, 0.717) is 10.9 Å². The molecule has 0 radical (unpaired) electrons. The summed E-state index contributed by atoms with van der Waals surface area (Å²) >= 11 is 1.45. The number of nitrogens with zero attached hydrogens (tertiary/aromatic N) is 5. The molecule has 1 unspecified atom stereocenters. The maximum Gasteiger partial charge on any atom is 0.353 e. The lowest BCUT2D eigenvalue weighted by atomic mass is 10.0. The molecule has 1 N–H and O–H groups in total. The van der Waals surface area contributed by atoms with Crippen molar-refractivity contribution in [3.8, 4) is 0 Å². The monoisotopic (exact) mass is 384 g/mol.